The zero-order chi connectivity index (χ0) is 23.8. The van der Waals surface area contributed by atoms with E-state index in [1.54, 1.807) is 0 Å². The maximum Gasteiger partial charge on any atom is 0.178 e. The molecule has 4 rings (SSSR count). The molecule has 2 aromatic heterocycles. The predicted octanol–water partition coefficient (Wildman–Crippen LogP) is 3.04. The molecule has 0 N–H and O–H groups in total. The number of hydrogen-bond donors (Lipinski definition) is 0. The summed E-state index contributed by atoms with van der Waals surface area (Å²) in [5.41, 5.74) is 4.48. The van der Waals surface area contributed by atoms with Gasteiger partial charge in [-0.25, -0.2) is 8.42 Å². The number of benzene rings is 1. The summed E-state index contributed by atoms with van der Waals surface area (Å²) in [4.78, 5) is 15.2. The number of aryl methyl sites for hydroxylation is 2. The molecule has 0 radical (unpaired) electrons. The number of nitriles is 1. The first-order chi connectivity index (χ1) is 15.7. The number of para-hydroxylation sites is 1. The highest BCUT2D eigenvalue weighted by molar-refractivity contribution is 7.91. The van der Waals surface area contributed by atoms with Crippen molar-refractivity contribution in [2.75, 3.05) is 25.1 Å². The van der Waals surface area contributed by atoms with Crippen LogP contribution in [0.2, 0.25) is 0 Å². The Bertz CT molecular complexity index is 1350. The number of sulfone groups is 1. The van der Waals surface area contributed by atoms with Crippen LogP contribution >= 0.6 is 0 Å². The van der Waals surface area contributed by atoms with Gasteiger partial charge in [0.15, 0.2) is 15.6 Å². The number of nitrogens with zero attached hydrogens (tertiary/aromatic N) is 5. The molecule has 3 heterocycles. The first-order valence-corrected chi connectivity index (χ1v) is 12.9. The third-order valence-corrected chi connectivity index (χ3v) is 8.17. The zero-order valence-electron chi connectivity index (χ0n) is 19.3. The summed E-state index contributed by atoms with van der Waals surface area (Å²) in [6.45, 7) is 5.25. The van der Waals surface area contributed by atoms with Crippen molar-refractivity contribution in [2.45, 2.75) is 45.8 Å². The van der Waals surface area contributed by atoms with E-state index in [9.17, 15) is 13.2 Å². The first-order valence-electron chi connectivity index (χ1n) is 11.1. The fraction of sp³-hybridized carbons (Fsp3) is 0.458. The summed E-state index contributed by atoms with van der Waals surface area (Å²) < 4.78 is 27.6. The maximum absolute atomic E-state index is 13.2. The van der Waals surface area contributed by atoms with Gasteiger partial charge in [0.25, 0.3) is 0 Å². The van der Waals surface area contributed by atoms with E-state index in [0.29, 0.717) is 31.5 Å². The van der Waals surface area contributed by atoms with Crippen LogP contribution < -0.4 is 0 Å². The molecule has 0 bridgehead atoms. The van der Waals surface area contributed by atoms with Crippen LogP contribution in [-0.2, 0) is 22.9 Å². The number of hydrogen-bond acceptors (Lipinski definition) is 6. The van der Waals surface area contributed by atoms with Crippen molar-refractivity contribution >= 4 is 26.5 Å². The molecule has 8 nitrogen and oxygen atoms in total. The van der Waals surface area contributed by atoms with Crippen LogP contribution in [0, 0.1) is 25.2 Å². The Balaban J connectivity index is 1.50. The summed E-state index contributed by atoms with van der Waals surface area (Å²) in [6.07, 6.45) is 2.83. The van der Waals surface area contributed by atoms with Crippen LogP contribution in [0.5, 0.6) is 0 Å². The lowest BCUT2D eigenvalue weighted by Gasteiger charge is -2.17. The predicted molar refractivity (Wildman–Crippen MR) is 127 cm³/mol. The molecule has 3 aromatic rings. The van der Waals surface area contributed by atoms with Gasteiger partial charge in [-0.1, -0.05) is 18.2 Å². The number of likely N-dealkylation sites (N-methyl/N-ethyl adjacent to an activating group) is 1. The van der Waals surface area contributed by atoms with E-state index in [1.807, 2.05) is 65.5 Å². The van der Waals surface area contributed by atoms with E-state index in [1.165, 1.54) is 0 Å². The third-order valence-electron chi connectivity index (χ3n) is 6.42. The number of carbonyl (C=O) groups is 1. The molecule has 0 spiro atoms. The second kappa shape index (κ2) is 9.12. The molecule has 1 saturated heterocycles. The normalized spacial score (nSPS) is 17.6. The molecule has 9 heteroatoms. The number of rotatable bonds is 8. The second-order valence-electron chi connectivity index (χ2n) is 8.91. The van der Waals surface area contributed by atoms with Gasteiger partial charge < -0.3 is 4.57 Å². The zero-order valence-corrected chi connectivity index (χ0v) is 20.1. The summed E-state index contributed by atoms with van der Waals surface area (Å²) in [5, 5.41) is 14.5. The number of aromatic nitrogens is 3. The van der Waals surface area contributed by atoms with Gasteiger partial charge in [0.05, 0.1) is 42.3 Å². The highest BCUT2D eigenvalue weighted by Crippen LogP contribution is 2.27. The van der Waals surface area contributed by atoms with Crippen LogP contribution in [0.1, 0.15) is 46.2 Å². The maximum atomic E-state index is 13.2. The molecule has 1 fully saturated rings. The molecule has 0 aliphatic carbocycles. The Morgan fingerprint density at radius 3 is 2.76 bits per heavy atom. The average Bonchev–Trinajstić information content (AvgIpc) is 3.41. The highest BCUT2D eigenvalue weighted by Gasteiger charge is 2.31. The van der Waals surface area contributed by atoms with Crippen molar-refractivity contribution in [1.29, 1.82) is 5.26 Å². The fourth-order valence-corrected chi connectivity index (χ4v) is 6.42. The molecular weight excluding hydrogens is 438 g/mol. The highest BCUT2D eigenvalue weighted by atomic mass is 32.2. The Hall–Kier alpha value is -2.96. The molecule has 0 amide bonds. The van der Waals surface area contributed by atoms with Crippen LogP contribution in [0.25, 0.3) is 10.9 Å². The Morgan fingerprint density at radius 2 is 2.06 bits per heavy atom. The number of Topliss-reactive ketones (excluding diaryl/α,β-unsaturated/α-hetero) is 1. The van der Waals surface area contributed by atoms with Crippen molar-refractivity contribution in [3.63, 3.8) is 0 Å². The van der Waals surface area contributed by atoms with E-state index in [4.69, 9.17) is 5.26 Å². The van der Waals surface area contributed by atoms with E-state index < -0.39 is 9.84 Å². The number of carbonyl (C=O) groups excluding carboxylic acids is 1. The molecule has 0 saturated carbocycles. The molecule has 33 heavy (non-hydrogen) atoms. The largest absolute Gasteiger partial charge is 0.346 e. The molecule has 1 aliphatic heterocycles. The number of ketones is 1. The molecular formula is C24H29N5O3S. The van der Waals surface area contributed by atoms with E-state index in [0.717, 1.165) is 27.9 Å². The lowest BCUT2D eigenvalue weighted by Crippen LogP contribution is -2.26. The monoisotopic (exact) mass is 467 g/mol. The van der Waals surface area contributed by atoms with E-state index in [-0.39, 0.29) is 29.9 Å². The second-order valence-corrected chi connectivity index (χ2v) is 11.1. The summed E-state index contributed by atoms with van der Waals surface area (Å²) in [5.74, 6) is 0.370. The lowest BCUT2D eigenvalue weighted by atomic mass is 10.1. The fourth-order valence-electron chi connectivity index (χ4n) is 4.73. The van der Waals surface area contributed by atoms with Gasteiger partial charge in [0.1, 0.15) is 0 Å². The third kappa shape index (κ3) is 4.72. The summed E-state index contributed by atoms with van der Waals surface area (Å²) >= 11 is 0. The minimum atomic E-state index is -2.99. The van der Waals surface area contributed by atoms with Crippen molar-refractivity contribution < 1.29 is 13.2 Å². The smallest absolute Gasteiger partial charge is 0.178 e. The number of fused-ring (bicyclic) bond motifs is 1. The van der Waals surface area contributed by atoms with Gasteiger partial charge in [-0.2, -0.15) is 10.4 Å². The molecule has 1 aromatic carbocycles. The van der Waals surface area contributed by atoms with Gasteiger partial charge in [-0.05, 0) is 33.4 Å². The van der Waals surface area contributed by atoms with Gasteiger partial charge in [-0.3, -0.25) is 14.4 Å². The van der Waals surface area contributed by atoms with Gasteiger partial charge in [0.2, 0.25) is 0 Å². The Kier molecular flexibility index (Phi) is 6.41. The van der Waals surface area contributed by atoms with Crippen molar-refractivity contribution in [1.82, 2.24) is 19.2 Å². The standard InChI is InChI=1S/C24H29N5O3S/c1-17-21(18(2)29(26-17)19-9-12-33(31,32)16-19)13-27(3)15-24(30)22-14-28(11-6-10-25)23-8-5-4-7-20(22)23/h4-5,7-8,14,19H,6,9,11-13,15-16H2,1-3H3/t19-/m0/s1. The molecule has 174 valence electrons. The van der Waals surface area contributed by atoms with Crippen LogP contribution in [0.3, 0.4) is 0 Å². The van der Waals surface area contributed by atoms with E-state index in [2.05, 4.69) is 11.2 Å². The summed E-state index contributed by atoms with van der Waals surface area (Å²) in [7, 11) is -1.09. The van der Waals surface area contributed by atoms with Crippen molar-refractivity contribution in [2.24, 2.45) is 0 Å². The van der Waals surface area contributed by atoms with E-state index >= 15 is 0 Å². The lowest BCUT2D eigenvalue weighted by molar-refractivity contribution is 0.0944. The summed E-state index contributed by atoms with van der Waals surface area (Å²) in [6, 6.07) is 9.81. The first kappa shape index (κ1) is 23.2. The van der Waals surface area contributed by atoms with Crippen molar-refractivity contribution in [3.05, 3.63) is 53.0 Å². The molecule has 1 atom stereocenters. The minimum absolute atomic E-state index is 0.0222. The molecule has 0 unspecified atom stereocenters. The van der Waals surface area contributed by atoms with Crippen LogP contribution in [0.15, 0.2) is 30.5 Å². The van der Waals surface area contributed by atoms with Crippen molar-refractivity contribution in [3.8, 4) is 6.07 Å². The average molecular weight is 468 g/mol. The van der Waals surface area contributed by atoms with Gasteiger partial charge in [0, 0.05) is 47.0 Å². The topological polar surface area (TPSA) is 101 Å². The van der Waals surface area contributed by atoms with Crippen LogP contribution in [-0.4, -0.2) is 58.5 Å². The van der Waals surface area contributed by atoms with Gasteiger partial charge >= 0.3 is 0 Å². The van der Waals surface area contributed by atoms with Crippen LogP contribution in [0.4, 0.5) is 0 Å². The molecule has 1 aliphatic rings. The Labute approximate surface area is 194 Å². The quantitative estimate of drug-likeness (QED) is 0.472. The minimum Gasteiger partial charge on any atom is -0.346 e. The Morgan fingerprint density at radius 1 is 1.30 bits per heavy atom. The van der Waals surface area contributed by atoms with Gasteiger partial charge in [-0.15, -0.1) is 0 Å². The SMILES string of the molecule is Cc1nn([C@H]2CCS(=O)(=O)C2)c(C)c1CN(C)CC(=O)c1cn(CCC#N)c2ccccc12.